The minimum Gasteiger partial charge on any atom is -0.356 e. The highest BCUT2D eigenvalue weighted by atomic mass is 32.2. The standard InChI is InChI=1S/C20H39N5O4S2/c1-16(21)6-4-5-9-22-17(26)7-8-20(29)25(12-10-23-18(27)14-30-2)13-11-24-19(28)15-31-3/h16H,4-15,21H2,1-3H3,(H,22,26)(H,23,27)(H,24,28)/t16-/m1/s1. The lowest BCUT2D eigenvalue weighted by molar-refractivity contribution is -0.134. The smallest absolute Gasteiger partial charge is 0.230 e. The molecule has 0 fully saturated rings. The predicted molar refractivity (Wildman–Crippen MR) is 129 cm³/mol. The van der Waals surface area contributed by atoms with Crippen molar-refractivity contribution in [3.63, 3.8) is 0 Å². The lowest BCUT2D eigenvalue weighted by atomic mass is 10.1. The number of nitrogens with two attached hydrogens (primary N) is 1. The van der Waals surface area contributed by atoms with E-state index < -0.39 is 0 Å². The van der Waals surface area contributed by atoms with Crippen molar-refractivity contribution < 1.29 is 19.2 Å². The van der Waals surface area contributed by atoms with E-state index in [0.29, 0.717) is 44.2 Å². The average molecular weight is 478 g/mol. The maximum Gasteiger partial charge on any atom is 0.230 e. The molecule has 0 aromatic rings. The van der Waals surface area contributed by atoms with Crippen LogP contribution in [0, 0.1) is 0 Å². The SMILES string of the molecule is CSCC(=O)NCCN(CCNC(=O)CSC)C(=O)CCC(=O)NCCCC[C@@H](C)N. The highest BCUT2D eigenvalue weighted by Gasteiger charge is 2.15. The van der Waals surface area contributed by atoms with Gasteiger partial charge in [-0.2, -0.15) is 23.5 Å². The molecule has 0 aromatic carbocycles. The summed E-state index contributed by atoms with van der Waals surface area (Å²) in [6.45, 7) is 3.85. The molecule has 0 bridgehead atoms. The summed E-state index contributed by atoms with van der Waals surface area (Å²) >= 11 is 2.85. The highest BCUT2D eigenvalue weighted by molar-refractivity contribution is 7.99. The molecular weight excluding hydrogens is 438 g/mol. The minimum absolute atomic E-state index is 0.0865. The highest BCUT2D eigenvalue weighted by Crippen LogP contribution is 2.00. The Balaban J connectivity index is 4.40. The molecule has 4 amide bonds. The first kappa shape index (κ1) is 29.5. The predicted octanol–water partition coefficient (Wildman–Crippen LogP) is 0.187. The van der Waals surface area contributed by atoms with Crippen molar-refractivity contribution in [3.8, 4) is 0 Å². The Morgan fingerprint density at radius 1 is 0.806 bits per heavy atom. The lowest BCUT2D eigenvalue weighted by Crippen LogP contribution is -2.43. The molecule has 1 atom stereocenters. The van der Waals surface area contributed by atoms with Gasteiger partial charge in [0, 0.05) is 51.6 Å². The second-order valence-corrected chi connectivity index (χ2v) is 9.00. The van der Waals surface area contributed by atoms with Crippen molar-refractivity contribution in [2.24, 2.45) is 5.73 Å². The fraction of sp³-hybridized carbons (Fsp3) is 0.800. The number of nitrogens with zero attached hydrogens (tertiary/aromatic N) is 1. The van der Waals surface area contributed by atoms with E-state index in [9.17, 15) is 19.2 Å². The molecule has 0 saturated heterocycles. The van der Waals surface area contributed by atoms with E-state index in [0.717, 1.165) is 19.3 Å². The molecule has 180 valence electrons. The molecule has 0 radical (unpaired) electrons. The molecule has 5 N–H and O–H groups in total. The second kappa shape index (κ2) is 19.2. The minimum atomic E-state index is -0.176. The van der Waals surface area contributed by atoms with Crippen LogP contribution >= 0.6 is 23.5 Å². The van der Waals surface area contributed by atoms with Crippen molar-refractivity contribution in [2.75, 3.05) is 56.7 Å². The third-order valence-corrected chi connectivity index (χ3v) is 5.39. The number of unbranched alkanes of at least 4 members (excludes halogenated alkanes) is 1. The zero-order valence-corrected chi connectivity index (χ0v) is 20.7. The normalized spacial score (nSPS) is 11.5. The summed E-state index contributed by atoms with van der Waals surface area (Å²) in [5.41, 5.74) is 5.70. The Morgan fingerprint density at radius 2 is 1.32 bits per heavy atom. The van der Waals surface area contributed by atoms with Gasteiger partial charge in [-0.15, -0.1) is 0 Å². The van der Waals surface area contributed by atoms with Gasteiger partial charge in [0.1, 0.15) is 0 Å². The number of amides is 4. The van der Waals surface area contributed by atoms with Crippen LogP contribution in [0.3, 0.4) is 0 Å². The van der Waals surface area contributed by atoms with Gasteiger partial charge in [-0.25, -0.2) is 0 Å². The quantitative estimate of drug-likeness (QED) is 0.207. The first-order chi connectivity index (χ1) is 14.8. The summed E-state index contributed by atoms with van der Waals surface area (Å²) in [6.07, 6.45) is 6.62. The second-order valence-electron chi connectivity index (χ2n) is 7.27. The Kier molecular flexibility index (Phi) is 18.3. The van der Waals surface area contributed by atoms with E-state index in [4.69, 9.17) is 5.73 Å². The van der Waals surface area contributed by atoms with Crippen molar-refractivity contribution >= 4 is 47.2 Å². The average Bonchev–Trinajstić information content (AvgIpc) is 2.70. The monoisotopic (exact) mass is 477 g/mol. The van der Waals surface area contributed by atoms with Gasteiger partial charge in [0.15, 0.2) is 0 Å². The van der Waals surface area contributed by atoms with Crippen LogP contribution in [0.15, 0.2) is 0 Å². The molecule has 0 saturated carbocycles. The molecule has 0 aliphatic carbocycles. The molecular formula is C20H39N5O4S2. The molecule has 0 unspecified atom stereocenters. The van der Waals surface area contributed by atoms with Crippen molar-refractivity contribution in [1.29, 1.82) is 0 Å². The molecule has 31 heavy (non-hydrogen) atoms. The van der Waals surface area contributed by atoms with Gasteiger partial charge in [-0.3, -0.25) is 19.2 Å². The van der Waals surface area contributed by atoms with E-state index in [2.05, 4.69) is 16.0 Å². The van der Waals surface area contributed by atoms with Crippen LogP contribution in [0.5, 0.6) is 0 Å². The fourth-order valence-electron chi connectivity index (χ4n) is 2.67. The molecule has 0 heterocycles. The number of carbonyl (C=O) groups is 4. The third kappa shape index (κ3) is 17.9. The van der Waals surface area contributed by atoms with Gasteiger partial charge in [-0.1, -0.05) is 6.42 Å². The van der Waals surface area contributed by atoms with Gasteiger partial charge in [0.05, 0.1) is 11.5 Å². The Bertz CT molecular complexity index is 526. The van der Waals surface area contributed by atoms with Crippen LogP contribution in [0.25, 0.3) is 0 Å². The Hall–Kier alpha value is -1.46. The zero-order valence-electron chi connectivity index (χ0n) is 19.0. The van der Waals surface area contributed by atoms with Crippen LogP contribution in [0.4, 0.5) is 0 Å². The van der Waals surface area contributed by atoms with Crippen molar-refractivity contribution in [1.82, 2.24) is 20.9 Å². The van der Waals surface area contributed by atoms with Gasteiger partial charge in [0.25, 0.3) is 0 Å². The van der Waals surface area contributed by atoms with Gasteiger partial charge >= 0.3 is 0 Å². The summed E-state index contributed by atoms with van der Waals surface area (Å²) in [7, 11) is 0. The molecule has 0 aliphatic heterocycles. The van der Waals surface area contributed by atoms with E-state index >= 15 is 0 Å². The Labute approximate surface area is 194 Å². The van der Waals surface area contributed by atoms with Crippen LogP contribution in [-0.2, 0) is 19.2 Å². The lowest BCUT2D eigenvalue weighted by Gasteiger charge is -2.23. The van der Waals surface area contributed by atoms with Crippen LogP contribution < -0.4 is 21.7 Å². The summed E-state index contributed by atoms with van der Waals surface area (Å²) in [5.74, 6) is 0.223. The maximum absolute atomic E-state index is 12.6. The van der Waals surface area contributed by atoms with E-state index in [1.807, 2.05) is 19.4 Å². The number of hydrogen-bond acceptors (Lipinski definition) is 7. The van der Waals surface area contributed by atoms with Crippen molar-refractivity contribution in [3.05, 3.63) is 0 Å². The summed E-state index contributed by atoms with van der Waals surface area (Å²) in [6, 6.07) is 0.162. The summed E-state index contributed by atoms with van der Waals surface area (Å²) in [5, 5.41) is 8.36. The first-order valence-corrected chi connectivity index (χ1v) is 13.4. The number of carbonyl (C=O) groups excluding carboxylic acids is 4. The van der Waals surface area contributed by atoms with Gasteiger partial charge < -0.3 is 26.6 Å². The van der Waals surface area contributed by atoms with Crippen LogP contribution in [0.2, 0.25) is 0 Å². The molecule has 0 aromatic heterocycles. The van der Waals surface area contributed by atoms with E-state index in [1.54, 1.807) is 4.90 Å². The molecule has 0 spiro atoms. The summed E-state index contributed by atoms with van der Waals surface area (Å²) in [4.78, 5) is 49.4. The molecule has 0 rings (SSSR count). The molecule has 11 heteroatoms. The first-order valence-electron chi connectivity index (χ1n) is 10.6. The third-order valence-electron chi connectivity index (χ3n) is 4.29. The van der Waals surface area contributed by atoms with E-state index in [1.165, 1.54) is 23.5 Å². The number of hydrogen-bond donors (Lipinski definition) is 4. The summed E-state index contributed by atoms with van der Waals surface area (Å²) < 4.78 is 0. The Morgan fingerprint density at radius 3 is 1.81 bits per heavy atom. The number of nitrogens with one attached hydrogen (secondary N) is 3. The van der Waals surface area contributed by atoms with Gasteiger partial charge in [0.2, 0.25) is 23.6 Å². The fourth-order valence-corrected chi connectivity index (χ4v) is 3.40. The van der Waals surface area contributed by atoms with Crippen molar-refractivity contribution in [2.45, 2.75) is 45.1 Å². The topological polar surface area (TPSA) is 134 Å². The van der Waals surface area contributed by atoms with E-state index in [-0.39, 0.29) is 42.5 Å². The number of rotatable bonds is 18. The zero-order chi connectivity index (χ0) is 23.5. The number of thioether (sulfide) groups is 2. The van der Waals surface area contributed by atoms with Crippen LogP contribution in [0.1, 0.15) is 39.0 Å². The maximum atomic E-state index is 12.6. The molecule has 9 nitrogen and oxygen atoms in total. The largest absolute Gasteiger partial charge is 0.356 e. The van der Waals surface area contributed by atoms with Crippen LogP contribution in [-0.4, -0.2) is 91.3 Å². The molecule has 0 aliphatic rings. The van der Waals surface area contributed by atoms with Gasteiger partial charge in [-0.05, 0) is 32.3 Å².